The molecule has 1 saturated heterocycles. The number of rotatable bonds is 5. The van der Waals surface area contributed by atoms with Crippen molar-refractivity contribution in [1.29, 1.82) is 0 Å². The lowest BCUT2D eigenvalue weighted by atomic mass is 9.99. The molecular formula is C19H25N3O3S. The van der Waals surface area contributed by atoms with Gasteiger partial charge in [0, 0.05) is 6.54 Å². The predicted molar refractivity (Wildman–Crippen MR) is 103 cm³/mol. The molecule has 0 spiro atoms. The summed E-state index contributed by atoms with van der Waals surface area (Å²) in [7, 11) is 0. The number of H-pyrrole nitrogens is 1. The zero-order valence-corrected chi connectivity index (χ0v) is 15.9. The summed E-state index contributed by atoms with van der Waals surface area (Å²) in [6.45, 7) is 2.25. The molecule has 6 nitrogen and oxygen atoms in total. The molecule has 1 aromatic carbocycles. The number of β-amino-alcohol motifs (C(OH)–C–C–N with tert-alkyl or cyclic N) is 1. The molecule has 0 radical (unpaired) electrons. The van der Waals surface area contributed by atoms with Crippen molar-refractivity contribution >= 4 is 17.7 Å². The maximum Gasteiger partial charge on any atom is 0.236 e. The fraction of sp³-hybridized carbons (Fsp3) is 0.474. The van der Waals surface area contributed by atoms with Crippen LogP contribution in [0.3, 0.4) is 0 Å². The number of thioether (sulfide) groups is 1. The fourth-order valence-corrected chi connectivity index (χ4v) is 3.59. The van der Waals surface area contributed by atoms with Crippen LogP contribution in [0.5, 0.6) is 0 Å². The molecule has 1 aliphatic rings. The highest BCUT2D eigenvalue weighted by molar-refractivity contribution is 7.99. The van der Waals surface area contributed by atoms with Crippen molar-refractivity contribution in [3.8, 4) is 11.3 Å². The lowest BCUT2D eigenvalue weighted by Gasteiger charge is -2.38. The van der Waals surface area contributed by atoms with Crippen LogP contribution in [-0.2, 0) is 11.4 Å². The molecule has 1 fully saturated rings. The standard InChI is InChI=1S/C19H25N3O3S/c1-12(26-2)19(25)22-10-15(24)7-8-17(22)18-20-9-16(21-18)14-5-3-13(11-23)4-6-14/h3-6,9,12,15,17,23-24H,7-8,10-11H2,1-2H3,(H,20,21). The topological polar surface area (TPSA) is 89.5 Å². The van der Waals surface area contributed by atoms with Gasteiger partial charge in [-0.3, -0.25) is 4.79 Å². The van der Waals surface area contributed by atoms with Crippen molar-refractivity contribution in [3.05, 3.63) is 41.9 Å². The first-order valence-electron chi connectivity index (χ1n) is 8.80. The summed E-state index contributed by atoms with van der Waals surface area (Å²) < 4.78 is 0. The molecule has 7 heteroatoms. The molecule has 0 bridgehead atoms. The van der Waals surface area contributed by atoms with Gasteiger partial charge < -0.3 is 20.1 Å². The lowest BCUT2D eigenvalue weighted by molar-refractivity contribution is -0.137. The third-order valence-electron chi connectivity index (χ3n) is 4.90. The first kappa shape index (κ1) is 18.9. The molecule has 2 aromatic rings. The van der Waals surface area contributed by atoms with E-state index in [9.17, 15) is 9.90 Å². The van der Waals surface area contributed by atoms with Gasteiger partial charge in [0.25, 0.3) is 0 Å². The first-order valence-corrected chi connectivity index (χ1v) is 10.1. The summed E-state index contributed by atoms with van der Waals surface area (Å²) in [6.07, 6.45) is 4.55. The number of benzene rings is 1. The van der Waals surface area contributed by atoms with Crippen LogP contribution in [0.1, 0.15) is 37.2 Å². The van der Waals surface area contributed by atoms with E-state index in [2.05, 4.69) is 9.97 Å². The minimum absolute atomic E-state index is 0.0175. The van der Waals surface area contributed by atoms with Crippen molar-refractivity contribution in [3.63, 3.8) is 0 Å². The van der Waals surface area contributed by atoms with E-state index in [-0.39, 0.29) is 23.8 Å². The maximum atomic E-state index is 12.7. The first-order chi connectivity index (χ1) is 12.5. The number of likely N-dealkylation sites (tertiary alicyclic amines) is 1. The number of nitrogens with one attached hydrogen (secondary N) is 1. The summed E-state index contributed by atoms with van der Waals surface area (Å²) in [4.78, 5) is 22.3. The van der Waals surface area contributed by atoms with E-state index in [0.717, 1.165) is 22.6 Å². The second-order valence-electron chi connectivity index (χ2n) is 6.65. The molecule has 3 N–H and O–H groups in total. The molecule has 1 aliphatic heterocycles. The molecule has 3 unspecified atom stereocenters. The van der Waals surface area contributed by atoms with Crippen LogP contribution in [0.25, 0.3) is 11.3 Å². The number of aliphatic hydroxyl groups is 2. The van der Waals surface area contributed by atoms with Crippen molar-refractivity contribution in [1.82, 2.24) is 14.9 Å². The number of hydrogen-bond donors (Lipinski definition) is 3. The maximum absolute atomic E-state index is 12.7. The van der Waals surface area contributed by atoms with Crippen LogP contribution in [0.15, 0.2) is 30.5 Å². The quantitative estimate of drug-likeness (QED) is 0.746. The number of hydrogen-bond acceptors (Lipinski definition) is 5. The highest BCUT2D eigenvalue weighted by atomic mass is 32.2. The summed E-state index contributed by atoms with van der Waals surface area (Å²) in [6, 6.07) is 7.48. The minimum Gasteiger partial charge on any atom is -0.392 e. The Labute approximate surface area is 157 Å². The number of amides is 1. The second kappa shape index (κ2) is 8.24. The van der Waals surface area contributed by atoms with Gasteiger partial charge in [-0.25, -0.2) is 4.98 Å². The summed E-state index contributed by atoms with van der Waals surface area (Å²) >= 11 is 1.51. The number of aromatic nitrogens is 2. The Bertz CT molecular complexity index is 747. The van der Waals surface area contributed by atoms with Gasteiger partial charge in [0.1, 0.15) is 5.82 Å². The van der Waals surface area contributed by atoms with Gasteiger partial charge in [0.15, 0.2) is 0 Å². The monoisotopic (exact) mass is 375 g/mol. The Kier molecular flexibility index (Phi) is 6.01. The van der Waals surface area contributed by atoms with Gasteiger partial charge >= 0.3 is 0 Å². The predicted octanol–water partition coefficient (Wildman–Crippen LogP) is 2.34. The minimum atomic E-state index is -0.482. The highest BCUT2D eigenvalue weighted by Gasteiger charge is 2.35. The largest absolute Gasteiger partial charge is 0.392 e. The summed E-state index contributed by atoms with van der Waals surface area (Å²) in [5.74, 6) is 0.784. The second-order valence-corrected chi connectivity index (χ2v) is 7.83. The lowest BCUT2D eigenvalue weighted by Crippen LogP contribution is -2.47. The van der Waals surface area contributed by atoms with Gasteiger partial charge in [-0.05, 0) is 37.1 Å². The van der Waals surface area contributed by atoms with Crippen LogP contribution in [0.2, 0.25) is 0 Å². The van der Waals surface area contributed by atoms with Crippen molar-refractivity contribution in [2.24, 2.45) is 0 Å². The Balaban J connectivity index is 1.84. The molecule has 26 heavy (non-hydrogen) atoms. The zero-order valence-electron chi connectivity index (χ0n) is 15.1. The van der Waals surface area contributed by atoms with Gasteiger partial charge in [-0.2, -0.15) is 11.8 Å². The number of imidazole rings is 1. The Hall–Kier alpha value is -1.83. The van der Waals surface area contributed by atoms with Crippen molar-refractivity contribution in [2.45, 2.75) is 43.8 Å². The van der Waals surface area contributed by atoms with Crippen LogP contribution in [0, 0.1) is 0 Å². The van der Waals surface area contributed by atoms with E-state index in [4.69, 9.17) is 5.11 Å². The van der Waals surface area contributed by atoms with Gasteiger partial charge in [0.05, 0.1) is 35.9 Å². The molecule has 0 saturated carbocycles. The number of carbonyl (C=O) groups excluding carboxylic acids is 1. The summed E-state index contributed by atoms with van der Waals surface area (Å²) in [5.41, 5.74) is 2.71. The number of carbonyl (C=O) groups is 1. The average Bonchev–Trinajstić information content (AvgIpc) is 3.16. The molecule has 3 rings (SSSR count). The van der Waals surface area contributed by atoms with E-state index in [1.807, 2.05) is 37.4 Å². The Morgan fingerprint density at radius 2 is 2.12 bits per heavy atom. The van der Waals surface area contributed by atoms with E-state index in [1.54, 1.807) is 11.1 Å². The van der Waals surface area contributed by atoms with Crippen LogP contribution in [0.4, 0.5) is 0 Å². The van der Waals surface area contributed by atoms with Crippen molar-refractivity contribution in [2.75, 3.05) is 12.8 Å². The number of aliphatic hydroxyl groups excluding tert-OH is 2. The molecule has 3 atom stereocenters. The third-order valence-corrected chi connectivity index (χ3v) is 5.81. The summed E-state index contributed by atoms with van der Waals surface area (Å²) in [5, 5.41) is 19.0. The average molecular weight is 375 g/mol. The van der Waals surface area contributed by atoms with E-state index in [0.29, 0.717) is 19.4 Å². The fourth-order valence-electron chi connectivity index (χ4n) is 3.26. The molecule has 1 aromatic heterocycles. The number of aromatic amines is 1. The molecule has 140 valence electrons. The number of nitrogens with zero attached hydrogens (tertiary/aromatic N) is 2. The van der Waals surface area contributed by atoms with Crippen LogP contribution < -0.4 is 0 Å². The molecular weight excluding hydrogens is 350 g/mol. The molecule has 2 heterocycles. The van der Waals surface area contributed by atoms with Crippen LogP contribution >= 0.6 is 11.8 Å². The third kappa shape index (κ3) is 3.95. The number of piperidine rings is 1. The van der Waals surface area contributed by atoms with E-state index in [1.165, 1.54) is 11.8 Å². The van der Waals surface area contributed by atoms with E-state index < -0.39 is 6.10 Å². The molecule has 1 amide bonds. The molecule has 0 aliphatic carbocycles. The zero-order chi connectivity index (χ0) is 18.7. The van der Waals surface area contributed by atoms with Gasteiger partial charge in [-0.1, -0.05) is 24.3 Å². The van der Waals surface area contributed by atoms with Gasteiger partial charge in [-0.15, -0.1) is 0 Å². The van der Waals surface area contributed by atoms with Crippen LogP contribution in [-0.4, -0.2) is 55.1 Å². The Morgan fingerprint density at radius 1 is 1.38 bits per heavy atom. The smallest absolute Gasteiger partial charge is 0.236 e. The van der Waals surface area contributed by atoms with Crippen molar-refractivity contribution < 1.29 is 15.0 Å². The highest BCUT2D eigenvalue weighted by Crippen LogP contribution is 2.32. The normalized spacial score (nSPS) is 21.6. The Morgan fingerprint density at radius 3 is 2.77 bits per heavy atom. The SMILES string of the molecule is CSC(C)C(=O)N1CC(O)CCC1c1ncc(-c2ccc(CO)cc2)[nH]1. The van der Waals surface area contributed by atoms with Gasteiger partial charge in [0.2, 0.25) is 5.91 Å². The van der Waals surface area contributed by atoms with E-state index >= 15 is 0 Å².